The normalized spacial score (nSPS) is 18.4. The smallest absolute Gasteiger partial charge is 0.224 e. The maximum atomic E-state index is 12.0. The lowest BCUT2D eigenvalue weighted by atomic mass is 10.1. The number of unbranched alkanes of at least 4 members (excludes halogenated alkanes) is 1. The van der Waals surface area contributed by atoms with Gasteiger partial charge in [-0.3, -0.25) is 9.48 Å². The first-order chi connectivity index (χ1) is 9.58. The highest BCUT2D eigenvalue weighted by atomic mass is 33.1. The molecular weight excluding hydrogens is 290 g/mol. The van der Waals surface area contributed by atoms with Crippen molar-refractivity contribution < 1.29 is 4.79 Å². The molecule has 20 heavy (non-hydrogen) atoms. The maximum Gasteiger partial charge on any atom is 0.224 e. The molecule has 1 aromatic heterocycles. The van der Waals surface area contributed by atoms with E-state index in [1.807, 2.05) is 42.5 Å². The molecule has 0 saturated carbocycles. The molecule has 1 amide bonds. The number of aromatic nitrogens is 2. The Kier molecular flexibility index (Phi) is 5.84. The number of carbonyl (C=O) groups excluding carboxylic acids is 1. The monoisotopic (exact) mass is 313 g/mol. The number of carbonyl (C=O) groups is 1. The van der Waals surface area contributed by atoms with Crippen LogP contribution < -0.4 is 5.32 Å². The third-order valence-electron chi connectivity index (χ3n) is 3.68. The van der Waals surface area contributed by atoms with E-state index >= 15 is 0 Å². The van der Waals surface area contributed by atoms with Crippen LogP contribution in [0, 0.1) is 13.8 Å². The van der Waals surface area contributed by atoms with Gasteiger partial charge in [0, 0.05) is 24.5 Å². The molecule has 1 atom stereocenters. The van der Waals surface area contributed by atoms with E-state index in [0.29, 0.717) is 6.42 Å². The Morgan fingerprint density at radius 1 is 1.45 bits per heavy atom. The van der Waals surface area contributed by atoms with Crippen molar-refractivity contribution in [2.24, 2.45) is 7.05 Å². The molecule has 2 rings (SSSR count). The number of rotatable bonds is 6. The summed E-state index contributed by atoms with van der Waals surface area (Å²) >= 11 is 0. The highest BCUT2D eigenvalue weighted by molar-refractivity contribution is 8.77. The number of nitrogens with one attached hydrogen (secondary N) is 1. The lowest BCUT2D eigenvalue weighted by Crippen LogP contribution is -2.12. The van der Waals surface area contributed by atoms with Crippen molar-refractivity contribution in [2.75, 3.05) is 11.1 Å². The van der Waals surface area contributed by atoms with Crippen molar-refractivity contribution >= 4 is 33.2 Å². The molecule has 4 nitrogen and oxygen atoms in total. The first-order valence-electron chi connectivity index (χ1n) is 7.16. The van der Waals surface area contributed by atoms with Gasteiger partial charge in [0.25, 0.3) is 0 Å². The van der Waals surface area contributed by atoms with Gasteiger partial charge in [-0.1, -0.05) is 28.0 Å². The Labute approximate surface area is 128 Å². The molecule has 0 spiro atoms. The van der Waals surface area contributed by atoms with Gasteiger partial charge in [0.1, 0.15) is 0 Å². The van der Waals surface area contributed by atoms with Gasteiger partial charge < -0.3 is 5.32 Å². The average Bonchev–Trinajstić information content (AvgIpc) is 3.00. The zero-order valence-electron chi connectivity index (χ0n) is 12.4. The second-order valence-corrected chi connectivity index (χ2v) is 8.08. The van der Waals surface area contributed by atoms with E-state index in [0.717, 1.165) is 35.2 Å². The third kappa shape index (κ3) is 4.19. The molecule has 2 heterocycles. The molecule has 1 aliphatic rings. The van der Waals surface area contributed by atoms with Crippen LogP contribution in [0.1, 0.15) is 43.5 Å². The molecule has 1 aliphatic heterocycles. The fraction of sp³-hybridized carbons (Fsp3) is 0.714. The Hall–Kier alpha value is -0.620. The first-order valence-corrected chi connectivity index (χ1v) is 9.54. The zero-order valence-corrected chi connectivity index (χ0v) is 14.1. The summed E-state index contributed by atoms with van der Waals surface area (Å²) in [6.07, 6.45) is 5.31. The largest absolute Gasteiger partial charge is 0.323 e. The molecule has 1 aromatic rings. The van der Waals surface area contributed by atoms with Crippen LogP contribution in [0.4, 0.5) is 5.69 Å². The van der Waals surface area contributed by atoms with E-state index in [9.17, 15) is 4.79 Å². The molecule has 0 unspecified atom stereocenters. The molecule has 0 bridgehead atoms. The molecular formula is C14H23N3OS2. The summed E-state index contributed by atoms with van der Waals surface area (Å²) in [5, 5.41) is 8.12. The van der Waals surface area contributed by atoms with E-state index in [2.05, 4.69) is 10.4 Å². The average molecular weight is 313 g/mol. The number of nitrogens with zero attached hydrogens (tertiary/aromatic N) is 2. The van der Waals surface area contributed by atoms with Crippen molar-refractivity contribution in [2.45, 2.75) is 51.2 Å². The first kappa shape index (κ1) is 15.8. The molecule has 1 N–H and O–H groups in total. The van der Waals surface area contributed by atoms with Crippen LogP contribution in [0.2, 0.25) is 0 Å². The van der Waals surface area contributed by atoms with E-state index in [-0.39, 0.29) is 5.91 Å². The van der Waals surface area contributed by atoms with Gasteiger partial charge >= 0.3 is 0 Å². The van der Waals surface area contributed by atoms with Crippen LogP contribution in [0.5, 0.6) is 0 Å². The van der Waals surface area contributed by atoms with Crippen molar-refractivity contribution in [3.8, 4) is 0 Å². The summed E-state index contributed by atoms with van der Waals surface area (Å²) in [4.78, 5) is 12.0. The molecule has 0 aromatic carbocycles. The van der Waals surface area contributed by atoms with Crippen LogP contribution in [0.15, 0.2) is 0 Å². The Morgan fingerprint density at radius 2 is 2.25 bits per heavy atom. The maximum absolute atomic E-state index is 12.0. The molecule has 0 aliphatic carbocycles. The van der Waals surface area contributed by atoms with Gasteiger partial charge in [0.2, 0.25) is 5.91 Å². The Morgan fingerprint density at radius 3 is 2.85 bits per heavy atom. The lowest BCUT2D eigenvalue weighted by molar-refractivity contribution is -0.116. The van der Waals surface area contributed by atoms with Crippen LogP contribution in [0.25, 0.3) is 0 Å². The summed E-state index contributed by atoms with van der Waals surface area (Å²) in [5.41, 5.74) is 2.77. The van der Waals surface area contributed by atoms with Crippen LogP contribution in [-0.4, -0.2) is 26.7 Å². The number of amides is 1. The lowest BCUT2D eigenvalue weighted by Gasteiger charge is -2.08. The summed E-state index contributed by atoms with van der Waals surface area (Å²) < 4.78 is 1.81. The number of hydrogen-bond donors (Lipinski definition) is 1. The van der Waals surface area contributed by atoms with Gasteiger partial charge in [-0.05, 0) is 33.1 Å². The summed E-state index contributed by atoms with van der Waals surface area (Å²) in [6, 6.07) is 0. The van der Waals surface area contributed by atoms with E-state index in [1.54, 1.807) is 4.68 Å². The van der Waals surface area contributed by atoms with Crippen molar-refractivity contribution in [3.63, 3.8) is 0 Å². The second kappa shape index (κ2) is 7.41. The third-order valence-corrected chi connectivity index (χ3v) is 6.69. The zero-order chi connectivity index (χ0) is 14.5. The summed E-state index contributed by atoms with van der Waals surface area (Å²) in [7, 11) is 5.90. The quantitative estimate of drug-likeness (QED) is 0.643. The fourth-order valence-electron chi connectivity index (χ4n) is 2.38. The molecule has 1 saturated heterocycles. The van der Waals surface area contributed by atoms with Crippen molar-refractivity contribution in [1.29, 1.82) is 0 Å². The fourth-order valence-corrected chi connectivity index (χ4v) is 5.41. The predicted octanol–water partition coefficient (Wildman–Crippen LogP) is 3.69. The van der Waals surface area contributed by atoms with Gasteiger partial charge in [0.05, 0.1) is 17.1 Å². The second-order valence-electron chi connectivity index (χ2n) is 5.29. The minimum absolute atomic E-state index is 0.109. The minimum Gasteiger partial charge on any atom is -0.323 e. The van der Waals surface area contributed by atoms with Gasteiger partial charge in [-0.25, -0.2) is 0 Å². The molecule has 112 valence electrons. The SMILES string of the molecule is Cc1nn(C)c(C)c1NC(=O)CCCC[C@@H]1CCSS1. The summed E-state index contributed by atoms with van der Waals surface area (Å²) in [5.74, 6) is 1.40. The van der Waals surface area contributed by atoms with Gasteiger partial charge in [0.15, 0.2) is 0 Å². The topological polar surface area (TPSA) is 46.9 Å². The highest BCUT2D eigenvalue weighted by Gasteiger charge is 2.16. The number of anilines is 1. The minimum atomic E-state index is 0.109. The molecule has 6 heteroatoms. The summed E-state index contributed by atoms with van der Waals surface area (Å²) in [6.45, 7) is 3.90. The van der Waals surface area contributed by atoms with Crippen LogP contribution in [0.3, 0.4) is 0 Å². The Bertz CT molecular complexity index is 467. The van der Waals surface area contributed by atoms with Crippen molar-refractivity contribution in [1.82, 2.24) is 9.78 Å². The number of aryl methyl sites for hydroxylation is 2. The highest BCUT2D eigenvalue weighted by Crippen LogP contribution is 2.39. The van der Waals surface area contributed by atoms with Crippen LogP contribution >= 0.6 is 21.6 Å². The van der Waals surface area contributed by atoms with Gasteiger partial charge in [-0.15, -0.1) is 0 Å². The molecule has 1 fully saturated rings. The standard InChI is InChI=1S/C14H23N3OS2/c1-10-14(11(2)17(3)16-10)15-13(18)7-5-4-6-12-8-9-19-20-12/h12H,4-9H2,1-3H3,(H,15,18)/t12-/m1/s1. The Balaban J connectivity index is 1.69. The number of hydrogen-bond acceptors (Lipinski definition) is 4. The van der Waals surface area contributed by atoms with Gasteiger partial charge in [-0.2, -0.15) is 5.10 Å². The van der Waals surface area contributed by atoms with Crippen LogP contribution in [-0.2, 0) is 11.8 Å². The predicted molar refractivity (Wildman–Crippen MR) is 88.2 cm³/mol. The van der Waals surface area contributed by atoms with E-state index in [1.165, 1.54) is 18.6 Å². The molecule has 0 radical (unpaired) electrons. The van der Waals surface area contributed by atoms with E-state index in [4.69, 9.17) is 0 Å². The van der Waals surface area contributed by atoms with E-state index < -0.39 is 0 Å². The van der Waals surface area contributed by atoms with Crippen molar-refractivity contribution in [3.05, 3.63) is 11.4 Å².